The summed E-state index contributed by atoms with van der Waals surface area (Å²) in [6.45, 7) is 11.3. The largest absolute Gasteiger partial charge is 0.356 e. The lowest BCUT2D eigenvalue weighted by molar-refractivity contribution is -0.129. The molecule has 0 radical (unpaired) electrons. The number of nitrogens with zero attached hydrogens (tertiary/aromatic N) is 2. The van der Waals surface area contributed by atoms with Crippen molar-refractivity contribution in [1.82, 2.24) is 15.5 Å². The molecule has 0 aromatic heterocycles. The van der Waals surface area contributed by atoms with Crippen molar-refractivity contribution in [3.05, 3.63) is 0 Å². The Morgan fingerprint density at radius 2 is 2.10 bits per heavy atom. The van der Waals surface area contributed by atoms with E-state index in [0.717, 1.165) is 38.4 Å². The molecule has 5 nitrogen and oxygen atoms in total. The molecule has 0 bridgehead atoms. The molecule has 0 spiro atoms. The summed E-state index contributed by atoms with van der Waals surface area (Å²) in [5.41, 5.74) is 0.380. The Balaban J connectivity index is 2.28. The van der Waals surface area contributed by atoms with E-state index in [1.165, 1.54) is 6.42 Å². The molecule has 0 aliphatic carbocycles. The molecule has 1 atom stereocenters. The van der Waals surface area contributed by atoms with Crippen LogP contribution in [0.15, 0.2) is 4.99 Å². The smallest absolute Gasteiger partial charge is 0.222 e. The maximum absolute atomic E-state index is 11.7. The highest BCUT2D eigenvalue weighted by molar-refractivity contribution is 5.80. The molecule has 2 N–H and O–H groups in total. The number of aliphatic imine (C=N–C) groups is 1. The fourth-order valence-electron chi connectivity index (χ4n) is 2.54. The van der Waals surface area contributed by atoms with Crippen LogP contribution in [-0.4, -0.2) is 49.5 Å². The Hall–Kier alpha value is -1.26. The highest BCUT2D eigenvalue weighted by Gasteiger charge is 2.25. The van der Waals surface area contributed by atoms with E-state index in [9.17, 15) is 4.79 Å². The Bertz CT molecular complexity index is 360. The van der Waals surface area contributed by atoms with Gasteiger partial charge in [-0.2, -0.15) is 0 Å². The topological polar surface area (TPSA) is 56.7 Å². The van der Waals surface area contributed by atoms with Gasteiger partial charge in [0.05, 0.1) is 0 Å². The van der Waals surface area contributed by atoms with Crippen LogP contribution in [-0.2, 0) is 4.79 Å². The first-order valence-electron chi connectivity index (χ1n) is 8.10. The van der Waals surface area contributed by atoms with Crippen molar-refractivity contribution in [2.24, 2.45) is 10.4 Å². The van der Waals surface area contributed by atoms with Gasteiger partial charge in [0.15, 0.2) is 5.96 Å². The van der Waals surface area contributed by atoms with Gasteiger partial charge < -0.3 is 15.5 Å². The number of hydrogen-bond acceptors (Lipinski definition) is 2. The van der Waals surface area contributed by atoms with Crippen LogP contribution in [0.4, 0.5) is 0 Å². The van der Waals surface area contributed by atoms with Gasteiger partial charge in [-0.15, -0.1) is 0 Å². The third-order valence-electron chi connectivity index (χ3n) is 3.80. The first kappa shape index (κ1) is 17.8. The van der Waals surface area contributed by atoms with E-state index in [2.05, 4.69) is 36.4 Å². The average Bonchev–Trinajstić information content (AvgIpc) is 2.88. The zero-order chi connectivity index (χ0) is 15.9. The molecule has 1 rings (SSSR count). The molecule has 0 aromatic carbocycles. The highest BCUT2D eigenvalue weighted by atomic mass is 16.2. The van der Waals surface area contributed by atoms with Crippen LogP contribution in [0.3, 0.4) is 0 Å². The summed E-state index contributed by atoms with van der Waals surface area (Å²) in [4.78, 5) is 17.9. The number of carbonyl (C=O) groups excluding carboxylic acids is 1. The lowest BCUT2D eigenvalue weighted by atomic mass is 9.91. The summed E-state index contributed by atoms with van der Waals surface area (Å²) in [5, 5.41) is 6.78. The van der Waals surface area contributed by atoms with Gasteiger partial charge in [0.1, 0.15) is 0 Å². The van der Waals surface area contributed by atoms with Crippen LogP contribution >= 0.6 is 0 Å². The lowest BCUT2D eigenvalue weighted by Crippen LogP contribution is -2.45. The average molecular weight is 296 g/mol. The van der Waals surface area contributed by atoms with Gasteiger partial charge in [0.2, 0.25) is 5.91 Å². The zero-order valence-corrected chi connectivity index (χ0v) is 14.3. The van der Waals surface area contributed by atoms with Crippen molar-refractivity contribution < 1.29 is 4.79 Å². The van der Waals surface area contributed by atoms with E-state index >= 15 is 0 Å². The summed E-state index contributed by atoms with van der Waals surface area (Å²) < 4.78 is 0. The Morgan fingerprint density at radius 1 is 1.38 bits per heavy atom. The molecule has 21 heavy (non-hydrogen) atoms. The van der Waals surface area contributed by atoms with Crippen LogP contribution in [0.1, 0.15) is 53.4 Å². The molecule has 1 saturated heterocycles. The first-order chi connectivity index (χ1) is 9.85. The van der Waals surface area contributed by atoms with Crippen LogP contribution in [0.5, 0.6) is 0 Å². The molecular formula is C16H32N4O. The van der Waals surface area contributed by atoms with Crippen molar-refractivity contribution in [2.45, 2.75) is 59.4 Å². The lowest BCUT2D eigenvalue weighted by Gasteiger charge is -2.20. The van der Waals surface area contributed by atoms with Crippen LogP contribution in [0, 0.1) is 5.41 Å². The molecule has 1 amide bonds. The fourth-order valence-corrected chi connectivity index (χ4v) is 2.54. The summed E-state index contributed by atoms with van der Waals surface area (Å²) >= 11 is 0. The molecule has 0 aromatic rings. The maximum Gasteiger partial charge on any atom is 0.222 e. The molecule has 122 valence electrons. The van der Waals surface area contributed by atoms with Crippen molar-refractivity contribution in [3.63, 3.8) is 0 Å². The minimum absolute atomic E-state index is 0.243. The van der Waals surface area contributed by atoms with Gasteiger partial charge in [-0.1, -0.05) is 27.7 Å². The monoisotopic (exact) mass is 296 g/mol. The summed E-state index contributed by atoms with van der Waals surface area (Å²) in [6.07, 6.45) is 3.91. The van der Waals surface area contributed by atoms with Gasteiger partial charge in [0, 0.05) is 39.1 Å². The molecule has 1 fully saturated rings. The number of likely N-dealkylation sites (tertiary alicyclic amines) is 1. The van der Waals surface area contributed by atoms with E-state index in [0.29, 0.717) is 17.9 Å². The minimum Gasteiger partial charge on any atom is -0.356 e. The van der Waals surface area contributed by atoms with Crippen molar-refractivity contribution >= 4 is 11.9 Å². The Labute approximate surface area is 129 Å². The van der Waals surface area contributed by atoms with E-state index in [-0.39, 0.29) is 5.91 Å². The number of guanidine groups is 1. The van der Waals surface area contributed by atoms with Crippen LogP contribution in [0.25, 0.3) is 0 Å². The van der Waals surface area contributed by atoms with Gasteiger partial charge in [0.25, 0.3) is 0 Å². The second-order valence-electron chi connectivity index (χ2n) is 6.99. The van der Waals surface area contributed by atoms with Crippen molar-refractivity contribution in [1.29, 1.82) is 0 Å². The van der Waals surface area contributed by atoms with E-state index in [1.807, 2.05) is 11.8 Å². The van der Waals surface area contributed by atoms with Crippen LogP contribution < -0.4 is 10.6 Å². The van der Waals surface area contributed by atoms with E-state index < -0.39 is 0 Å². The van der Waals surface area contributed by atoms with E-state index in [4.69, 9.17) is 0 Å². The second-order valence-corrected chi connectivity index (χ2v) is 6.99. The number of hydrogen-bond donors (Lipinski definition) is 2. The molecule has 0 saturated carbocycles. The van der Waals surface area contributed by atoms with Crippen LogP contribution in [0.2, 0.25) is 0 Å². The molecule has 1 unspecified atom stereocenters. The summed E-state index contributed by atoms with van der Waals surface area (Å²) in [5.74, 6) is 1.09. The molecule has 5 heteroatoms. The Morgan fingerprint density at radius 3 is 2.67 bits per heavy atom. The highest BCUT2D eigenvalue weighted by Crippen LogP contribution is 2.19. The van der Waals surface area contributed by atoms with Gasteiger partial charge in [-0.3, -0.25) is 9.79 Å². The van der Waals surface area contributed by atoms with Crippen molar-refractivity contribution in [2.75, 3.05) is 26.7 Å². The molecule has 1 aliphatic rings. The summed E-state index contributed by atoms with van der Waals surface area (Å²) in [7, 11) is 1.79. The molecule has 1 aliphatic heterocycles. The standard InChI is InChI=1S/C16H32N4O/c1-6-14(21)20-11-8-13(12-20)19-15(17-5)18-10-7-9-16(2,3)4/h13H,6-12H2,1-5H3,(H2,17,18,19). The fraction of sp³-hybridized carbons (Fsp3) is 0.875. The van der Waals surface area contributed by atoms with Gasteiger partial charge in [-0.05, 0) is 24.7 Å². The SMILES string of the molecule is CCC(=O)N1CCC(NC(=NC)NCCCC(C)(C)C)C1. The van der Waals surface area contributed by atoms with Gasteiger partial charge >= 0.3 is 0 Å². The number of amides is 1. The Kier molecular flexibility index (Phi) is 6.99. The number of nitrogens with one attached hydrogen (secondary N) is 2. The maximum atomic E-state index is 11.7. The molecule has 1 heterocycles. The quantitative estimate of drug-likeness (QED) is 0.463. The minimum atomic E-state index is 0.243. The zero-order valence-electron chi connectivity index (χ0n) is 14.3. The van der Waals surface area contributed by atoms with E-state index in [1.54, 1.807) is 7.05 Å². The second kappa shape index (κ2) is 8.25. The van der Waals surface area contributed by atoms with Crippen molar-refractivity contribution in [3.8, 4) is 0 Å². The van der Waals surface area contributed by atoms with Gasteiger partial charge in [-0.25, -0.2) is 0 Å². The summed E-state index contributed by atoms with van der Waals surface area (Å²) in [6, 6.07) is 0.314. The normalized spacial score (nSPS) is 19.8. The third kappa shape index (κ3) is 6.82. The predicted octanol–water partition coefficient (Wildman–Crippen LogP) is 1.99. The number of rotatable bonds is 5. The first-order valence-corrected chi connectivity index (χ1v) is 8.10. The predicted molar refractivity (Wildman–Crippen MR) is 88.5 cm³/mol. The third-order valence-corrected chi connectivity index (χ3v) is 3.80. The molecular weight excluding hydrogens is 264 g/mol. The number of carbonyl (C=O) groups is 1.